The van der Waals surface area contributed by atoms with Gasteiger partial charge in [0, 0.05) is 42.9 Å². The van der Waals surface area contributed by atoms with Gasteiger partial charge in [0.2, 0.25) is 0 Å². The number of hydrogen-bond donors (Lipinski definition) is 1. The van der Waals surface area contributed by atoms with Crippen molar-refractivity contribution in [2.24, 2.45) is 0 Å². The summed E-state index contributed by atoms with van der Waals surface area (Å²) in [6, 6.07) is 5.98. The predicted octanol–water partition coefficient (Wildman–Crippen LogP) is 2.15. The number of thiocarbonyl (C=S) groups is 1. The van der Waals surface area contributed by atoms with Gasteiger partial charge in [-0.25, -0.2) is 8.42 Å². The molecule has 0 unspecified atom stereocenters. The maximum absolute atomic E-state index is 11.6. The molecule has 2 fully saturated rings. The van der Waals surface area contributed by atoms with Crippen LogP contribution in [-0.4, -0.2) is 67.1 Å². The topological polar surface area (TPSA) is 52.6 Å². The summed E-state index contributed by atoms with van der Waals surface area (Å²) in [6.45, 7) is 5.27. The lowest BCUT2D eigenvalue weighted by atomic mass is 10.2. The number of anilines is 1. The van der Waals surface area contributed by atoms with Crippen molar-refractivity contribution in [1.82, 2.24) is 9.80 Å². The number of sulfone groups is 1. The fourth-order valence-electron chi connectivity index (χ4n) is 3.23. The summed E-state index contributed by atoms with van der Waals surface area (Å²) in [6.07, 6.45) is 0.757. The highest BCUT2D eigenvalue weighted by Gasteiger charge is 2.33. The van der Waals surface area contributed by atoms with Crippen molar-refractivity contribution in [1.29, 1.82) is 0 Å². The van der Waals surface area contributed by atoms with Crippen LogP contribution in [0.3, 0.4) is 0 Å². The SMILES string of the molecule is Cc1ccc(NC(=S)N2CCN([C@@H]3CCS(=O)(=O)C3)CC2)cc1Cl. The minimum Gasteiger partial charge on any atom is -0.346 e. The van der Waals surface area contributed by atoms with Gasteiger partial charge in [0.05, 0.1) is 11.5 Å². The molecule has 3 rings (SSSR count). The molecule has 1 atom stereocenters. The van der Waals surface area contributed by atoms with Gasteiger partial charge in [0.1, 0.15) is 0 Å². The van der Waals surface area contributed by atoms with E-state index in [-0.39, 0.29) is 6.04 Å². The van der Waals surface area contributed by atoms with E-state index in [0.717, 1.165) is 48.9 Å². The Morgan fingerprint density at radius 3 is 2.58 bits per heavy atom. The first-order valence-corrected chi connectivity index (χ1v) is 10.7. The van der Waals surface area contributed by atoms with Crippen LogP contribution in [0.4, 0.5) is 5.69 Å². The van der Waals surface area contributed by atoms with Crippen LogP contribution in [0.2, 0.25) is 5.02 Å². The van der Waals surface area contributed by atoms with Crippen LogP contribution < -0.4 is 5.32 Å². The van der Waals surface area contributed by atoms with Gasteiger partial charge >= 0.3 is 0 Å². The summed E-state index contributed by atoms with van der Waals surface area (Å²) in [7, 11) is -2.83. The quantitative estimate of drug-likeness (QED) is 0.785. The highest BCUT2D eigenvalue weighted by Crippen LogP contribution is 2.22. The van der Waals surface area contributed by atoms with E-state index < -0.39 is 9.84 Å². The second-order valence-corrected chi connectivity index (χ2v) is 9.50. The third-order valence-corrected chi connectivity index (χ3v) is 7.27. The number of nitrogens with zero attached hydrogens (tertiary/aromatic N) is 2. The maximum Gasteiger partial charge on any atom is 0.173 e. The van der Waals surface area contributed by atoms with E-state index in [1.54, 1.807) is 0 Å². The van der Waals surface area contributed by atoms with E-state index in [9.17, 15) is 8.42 Å². The van der Waals surface area contributed by atoms with Gasteiger partial charge in [-0.15, -0.1) is 0 Å². The molecule has 0 radical (unpaired) electrons. The first-order chi connectivity index (χ1) is 11.3. The van der Waals surface area contributed by atoms with E-state index in [1.165, 1.54) is 0 Å². The first kappa shape index (κ1) is 17.9. The Morgan fingerprint density at radius 2 is 2.00 bits per heavy atom. The first-order valence-electron chi connectivity index (χ1n) is 8.11. The van der Waals surface area contributed by atoms with Gasteiger partial charge in [0.25, 0.3) is 0 Å². The van der Waals surface area contributed by atoms with Crippen LogP contribution >= 0.6 is 23.8 Å². The Balaban J connectivity index is 1.52. The van der Waals surface area contributed by atoms with Gasteiger partial charge < -0.3 is 10.2 Å². The van der Waals surface area contributed by atoms with Crippen LogP contribution in [0.5, 0.6) is 0 Å². The summed E-state index contributed by atoms with van der Waals surface area (Å²) in [4.78, 5) is 4.41. The van der Waals surface area contributed by atoms with Gasteiger partial charge in [-0.3, -0.25) is 4.90 Å². The minimum atomic E-state index is -2.83. The van der Waals surface area contributed by atoms with Crippen LogP contribution in [-0.2, 0) is 9.84 Å². The maximum atomic E-state index is 11.6. The van der Waals surface area contributed by atoms with E-state index in [4.69, 9.17) is 23.8 Å². The molecular weight excluding hydrogens is 366 g/mol. The highest BCUT2D eigenvalue weighted by atomic mass is 35.5. The van der Waals surface area contributed by atoms with Crippen molar-refractivity contribution in [3.8, 4) is 0 Å². The average Bonchev–Trinajstić information content (AvgIpc) is 2.91. The second-order valence-electron chi connectivity index (χ2n) is 6.47. The van der Waals surface area contributed by atoms with Crippen molar-refractivity contribution in [2.75, 3.05) is 43.0 Å². The molecule has 2 aliphatic rings. The van der Waals surface area contributed by atoms with E-state index in [1.807, 2.05) is 25.1 Å². The largest absolute Gasteiger partial charge is 0.346 e. The molecule has 1 N–H and O–H groups in total. The van der Waals surface area contributed by atoms with Gasteiger partial charge in [-0.05, 0) is 43.3 Å². The molecule has 24 heavy (non-hydrogen) atoms. The monoisotopic (exact) mass is 387 g/mol. The molecule has 5 nitrogen and oxygen atoms in total. The average molecular weight is 388 g/mol. The normalized spacial score (nSPS) is 24.1. The number of hydrogen-bond acceptors (Lipinski definition) is 4. The van der Waals surface area contributed by atoms with Crippen molar-refractivity contribution >= 4 is 44.5 Å². The minimum absolute atomic E-state index is 0.176. The lowest BCUT2D eigenvalue weighted by Gasteiger charge is -2.38. The molecule has 0 spiro atoms. The molecule has 0 aromatic heterocycles. The Kier molecular flexibility index (Phi) is 5.34. The third kappa shape index (κ3) is 4.20. The zero-order valence-corrected chi connectivity index (χ0v) is 16.1. The fourth-order valence-corrected chi connectivity index (χ4v) is 5.47. The lowest BCUT2D eigenvalue weighted by molar-refractivity contribution is 0.144. The zero-order valence-electron chi connectivity index (χ0n) is 13.7. The van der Waals surface area contributed by atoms with Crippen LogP contribution in [0.1, 0.15) is 12.0 Å². The second kappa shape index (κ2) is 7.15. The number of rotatable bonds is 2. The molecule has 0 aliphatic carbocycles. The standard InChI is InChI=1S/C16H22ClN3O2S2/c1-12-2-3-13(10-15(12)17)18-16(23)20-7-5-19(6-8-20)14-4-9-24(21,22)11-14/h2-3,10,14H,4-9,11H2,1H3,(H,18,23)/t14-/m1/s1. The smallest absolute Gasteiger partial charge is 0.173 e. The van der Waals surface area contributed by atoms with E-state index in [2.05, 4.69) is 15.1 Å². The molecule has 8 heteroatoms. The summed E-state index contributed by atoms with van der Waals surface area (Å²) < 4.78 is 23.3. The van der Waals surface area contributed by atoms with Crippen LogP contribution in [0.15, 0.2) is 18.2 Å². The van der Waals surface area contributed by atoms with E-state index >= 15 is 0 Å². The number of nitrogens with one attached hydrogen (secondary N) is 1. The lowest BCUT2D eigenvalue weighted by Crippen LogP contribution is -2.53. The Hall–Kier alpha value is -0.890. The van der Waals surface area contributed by atoms with Crippen molar-refractivity contribution < 1.29 is 8.42 Å². The number of halogens is 1. The Bertz CT molecular complexity index is 731. The molecule has 0 bridgehead atoms. The summed E-state index contributed by atoms with van der Waals surface area (Å²) >= 11 is 11.6. The molecule has 0 saturated carbocycles. The molecule has 132 valence electrons. The zero-order chi connectivity index (χ0) is 17.3. The van der Waals surface area contributed by atoms with Crippen LogP contribution in [0.25, 0.3) is 0 Å². The van der Waals surface area contributed by atoms with Gasteiger partial charge in [0.15, 0.2) is 14.9 Å². The molecule has 2 saturated heterocycles. The summed E-state index contributed by atoms with van der Waals surface area (Å²) in [5.74, 6) is 0.629. The Morgan fingerprint density at radius 1 is 1.29 bits per heavy atom. The van der Waals surface area contributed by atoms with Crippen molar-refractivity contribution in [2.45, 2.75) is 19.4 Å². The highest BCUT2D eigenvalue weighted by molar-refractivity contribution is 7.91. The number of aryl methyl sites for hydroxylation is 1. The summed E-state index contributed by atoms with van der Waals surface area (Å²) in [5.41, 5.74) is 1.92. The molecule has 2 heterocycles. The predicted molar refractivity (Wildman–Crippen MR) is 103 cm³/mol. The molecule has 1 aromatic rings. The van der Waals surface area contributed by atoms with Gasteiger partial charge in [-0.1, -0.05) is 17.7 Å². The van der Waals surface area contributed by atoms with Crippen molar-refractivity contribution in [3.05, 3.63) is 28.8 Å². The van der Waals surface area contributed by atoms with Gasteiger partial charge in [-0.2, -0.15) is 0 Å². The number of benzene rings is 1. The fraction of sp³-hybridized carbons (Fsp3) is 0.562. The summed E-state index contributed by atoms with van der Waals surface area (Å²) in [5, 5.41) is 4.64. The molecular formula is C16H22ClN3O2S2. The Labute approximate surface area is 153 Å². The number of piperazine rings is 1. The van der Waals surface area contributed by atoms with Crippen LogP contribution in [0, 0.1) is 6.92 Å². The molecule has 0 amide bonds. The molecule has 2 aliphatic heterocycles. The third-order valence-electron chi connectivity index (χ3n) is 4.75. The van der Waals surface area contributed by atoms with E-state index in [0.29, 0.717) is 16.6 Å². The molecule has 1 aromatic carbocycles. The van der Waals surface area contributed by atoms with Crippen molar-refractivity contribution in [3.63, 3.8) is 0 Å².